The summed E-state index contributed by atoms with van der Waals surface area (Å²) in [6, 6.07) is 0. The summed E-state index contributed by atoms with van der Waals surface area (Å²) >= 11 is 0. The van der Waals surface area contributed by atoms with Crippen molar-refractivity contribution in [2.45, 2.75) is 51.2 Å². The summed E-state index contributed by atoms with van der Waals surface area (Å²) in [7, 11) is 0. The minimum atomic E-state index is -0.651. The molecule has 0 aromatic carbocycles. The van der Waals surface area contributed by atoms with Crippen LogP contribution in [-0.2, 0) is 4.89 Å². The van der Waals surface area contributed by atoms with E-state index in [-0.39, 0.29) is 0 Å². The summed E-state index contributed by atoms with van der Waals surface area (Å²) in [6.07, 6.45) is 5.21. The van der Waals surface area contributed by atoms with Crippen molar-refractivity contribution < 1.29 is 15.3 Å². The zero-order valence-corrected chi connectivity index (χ0v) is 8.28. The van der Waals surface area contributed by atoms with Gasteiger partial charge in [0.1, 0.15) is 6.10 Å². The molecule has 0 unspecified atom stereocenters. The number of unbranched alkanes of at least 4 members (excludes halogenated alkanes) is 3. The fourth-order valence-electron chi connectivity index (χ4n) is 1.21. The Morgan fingerprint density at radius 2 is 2.08 bits per heavy atom. The smallest absolute Gasteiger partial charge is 0.136 e. The second-order valence-electron chi connectivity index (χ2n) is 3.22. The lowest BCUT2D eigenvalue weighted by Gasteiger charge is -2.15. The summed E-state index contributed by atoms with van der Waals surface area (Å²) in [5.41, 5.74) is 0. The predicted octanol–water partition coefficient (Wildman–Crippen LogP) is 2.36. The summed E-state index contributed by atoms with van der Waals surface area (Å²) in [6.45, 7) is 5.59. The molecule has 0 amide bonds. The number of rotatable bonds is 8. The predicted molar refractivity (Wildman–Crippen MR) is 52.5 cm³/mol. The van der Waals surface area contributed by atoms with Crippen molar-refractivity contribution in [3.8, 4) is 0 Å². The molecule has 2 atom stereocenters. The van der Waals surface area contributed by atoms with Gasteiger partial charge in [0, 0.05) is 0 Å². The molecule has 0 saturated heterocycles. The average Bonchev–Trinajstić information content (AvgIpc) is 2.14. The third kappa shape index (κ3) is 5.80. The van der Waals surface area contributed by atoms with E-state index in [1.165, 1.54) is 18.9 Å². The maximum atomic E-state index is 9.45. The third-order valence-corrected chi connectivity index (χ3v) is 2.09. The maximum absolute atomic E-state index is 9.45. The van der Waals surface area contributed by atoms with Crippen molar-refractivity contribution in [2.24, 2.45) is 0 Å². The molecule has 0 aliphatic heterocycles. The highest BCUT2D eigenvalue weighted by atomic mass is 17.1. The number of aliphatic hydroxyl groups excluding tert-OH is 1. The monoisotopic (exact) mass is 188 g/mol. The fourth-order valence-corrected chi connectivity index (χ4v) is 1.21. The fraction of sp³-hybridized carbons (Fsp3) is 0.800. The van der Waals surface area contributed by atoms with E-state index in [1.54, 1.807) is 0 Å². The van der Waals surface area contributed by atoms with E-state index in [0.717, 1.165) is 12.8 Å². The van der Waals surface area contributed by atoms with Crippen LogP contribution in [0.5, 0.6) is 0 Å². The summed E-state index contributed by atoms with van der Waals surface area (Å²) in [5.74, 6) is 0. The van der Waals surface area contributed by atoms with Gasteiger partial charge in [-0.2, -0.15) is 0 Å². The molecule has 0 aliphatic carbocycles. The van der Waals surface area contributed by atoms with E-state index in [2.05, 4.69) is 18.4 Å². The second kappa shape index (κ2) is 8.23. The number of aliphatic hydroxyl groups is 1. The van der Waals surface area contributed by atoms with Gasteiger partial charge in [0.2, 0.25) is 0 Å². The standard InChI is InChI=1S/C10H20O3/c1-3-5-6-7-8-9(11)10(4-2)13-12/h4,9-12H,2-3,5-8H2,1H3/t9-,10-/m1/s1. The lowest BCUT2D eigenvalue weighted by molar-refractivity contribution is -0.283. The van der Waals surface area contributed by atoms with Crippen molar-refractivity contribution in [1.82, 2.24) is 0 Å². The molecule has 3 heteroatoms. The van der Waals surface area contributed by atoms with Crippen LogP contribution in [0.4, 0.5) is 0 Å². The molecule has 0 aliphatic rings. The Morgan fingerprint density at radius 3 is 2.54 bits per heavy atom. The van der Waals surface area contributed by atoms with Crippen LogP contribution >= 0.6 is 0 Å². The molecule has 3 nitrogen and oxygen atoms in total. The highest BCUT2D eigenvalue weighted by molar-refractivity contribution is 4.84. The number of hydrogen-bond donors (Lipinski definition) is 2. The van der Waals surface area contributed by atoms with Crippen molar-refractivity contribution >= 4 is 0 Å². The largest absolute Gasteiger partial charge is 0.390 e. The van der Waals surface area contributed by atoms with E-state index in [9.17, 15) is 5.11 Å². The topological polar surface area (TPSA) is 49.7 Å². The normalized spacial score (nSPS) is 15.3. The van der Waals surface area contributed by atoms with Crippen LogP contribution in [-0.4, -0.2) is 22.6 Å². The molecule has 78 valence electrons. The van der Waals surface area contributed by atoms with Crippen molar-refractivity contribution in [3.05, 3.63) is 12.7 Å². The van der Waals surface area contributed by atoms with Crippen molar-refractivity contribution in [1.29, 1.82) is 0 Å². The lowest BCUT2D eigenvalue weighted by Crippen LogP contribution is -2.25. The van der Waals surface area contributed by atoms with E-state index in [0.29, 0.717) is 6.42 Å². The van der Waals surface area contributed by atoms with Gasteiger partial charge in [0.25, 0.3) is 0 Å². The van der Waals surface area contributed by atoms with Gasteiger partial charge in [-0.1, -0.05) is 38.7 Å². The molecule has 0 rings (SSSR count). The summed E-state index contributed by atoms with van der Waals surface area (Å²) in [4.78, 5) is 4.05. The highest BCUT2D eigenvalue weighted by Gasteiger charge is 2.15. The minimum absolute atomic E-state index is 0.639. The van der Waals surface area contributed by atoms with E-state index in [4.69, 9.17) is 5.26 Å². The first-order chi connectivity index (χ1) is 6.26. The van der Waals surface area contributed by atoms with Gasteiger partial charge in [0.05, 0.1) is 6.10 Å². The SMILES string of the molecule is C=C[C@@H](OO)[C@H](O)CCCCCC. The molecule has 2 N–H and O–H groups in total. The Morgan fingerprint density at radius 1 is 1.38 bits per heavy atom. The Balaban J connectivity index is 3.47. The van der Waals surface area contributed by atoms with Gasteiger partial charge >= 0.3 is 0 Å². The van der Waals surface area contributed by atoms with Crippen LogP contribution in [0.25, 0.3) is 0 Å². The minimum Gasteiger partial charge on any atom is -0.390 e. The van der Waals surface area contributed by atoms with Crippen LogP contribution in [0.3, 0.4) is 0 Å². The molecule has 13 heavy (non-hydrogen) atoms. The molecule has 0 aromatic rings. The number of hydrogen-bond acceptors (Lipinski definition) is 3. The zero-order chi connectivity index (χ0) is 10.1. The van der Waals surface area contributed by atoms with Crippen LogP contribution in [0.1, 0.15) is 39.0 Å². The van der Waals surface area contributed by atoms with E-state index >= 15 is 0 Å². The molecular formula is C10H20O3. The molecule has 0 spiro atoms. The van der Waals surface area contributed by atoms with Crippen LogP contribution in [0, 0.1) is 0 Å². The third-order valence-electron chi connectivity index (χ3n) is 2.09. The molecular weight excluding hydrogens is 168 g/mol. The van der Waals surface area contributed by atoms with Crippen molar-refractivity contribution in [2.75, 3.05) is 0 Å². The van der Waals surface area contributed by atoms with Crippen LogP contribution in [0.2, 0.25) is 0 Å². The highest BCUT2D eigenvalue weighted by Crippen LogP contribution is 2.10. The van der Waals surface area contributed by atoms with Gasteiger partial charge in [-0.3, -0.25) is 5.26 Å². The summed E-state index contributed by atoms with van der Waals surface area (Å²) < 4.78 is 0. The average molecular weight is 188 g/mol. The Labute approximate surface area is 80.0 Å². The van der Waals surface area contributed by atoms with Gasteiger partial charge in [-0.15, -0.1) is 6.58 Å². The van der Waals surface area contributed by atoms with Gasteiger partial charge < -0.3 is 5.11 Å². The van der Waals surface area contributed by atoms with Gasteiger partial charge in [-0.05, 0) is 6.42 Å². The Bertz CT molecular complexity index is 125. The first kappa shape index (κ1) is 12.6. The first-order valence-corrected chi connectivity index (χ1v) is 4.87. The molecule has 0 radical (unpaired) electrons. The Kier molecular flexibility index (Phi) is 7.99. The molecule has 0 saturated carbocycles. The maximum Gasteiger partial charge on any atom is 0.136 e. The van der Waals surface area contributed by atoms with Crippen LogP contribution < -0.4 is 0 Å². The van der Waals surface area contributed by atoms with E-state index in [1.807, 2.05) is 0 Å². The van der Waals surface area contributed by atoms with Crippen molar-refractivity contribution in [3.63, 3.8) is 0 Å². The summed E-state index contributed by atoms with van der Waals surface area (Å²) in [5, 5.41) is 17.8. The molecule has 0 bridgehead atoms. The van der Waals surface area contributed by atoms with Crippen LogP contribution in [0.15, 0.2) is 12.7 Å². The second-order valence-corrected chi connectivity index (χ2v) is 3.22. The van der Waals surface area contributed by atoms with E-state index < -0.39 is 12.2 Å². The first-order valence-electron chi connectivity index (χ1n) is 4.87. The van der Waals surface area contributed by atoms with Gasteiger partial charge in [-0.25, -0.2) is 4.89 Å². The molecule has 0 heterocycles. The Hall–Kier alpha value is -0.380. The lowest BCUT2D eigenvalue weighted by atomic mass is 10.1. The van der Waals surface area contributed by atoms with Gasteiger partial charge in [0.15, 0.2) is 0 Å². The molecule has 0 aromatic heterocycles. The molecule has 0 fully saturated rings. The zero-order valence-electron chi connectivity index (χ0n) is 8.28. The quantitative estimate of drug-likeness (QED) is 0.266.